The van der Waals surface area contributed by atoms with Crippen LogP contribution in [-0.4, -0.2) is 50.7 Å². The maximum absolute atomic E-state index is 12.9. The molecule has 0 bridgehead atoms. The minimum Gasteiger partial charge on any atom is -0.507 e. The number of methoxy groups -OCH3 is 2. The number of benzene rings is 2. The lowest BCUT2D eigenvalue weighted by molar-refractivity contribution is -0.121. The fourth-order valence-corrected chi connectivity index (χ4v) is 4.29. The molecular weight excluding hydrogens is 519 g/mol. The van der Waals surface area contributed by atoms with Crippen molar-refractivity contribution in [3.05, 3.63) is 76.3 Å². The van der Waals surface area contributed by atoms with Gasteiger partial charge in [0.15, 0.2) is 0 Å². The molecule has 0 radical (unpaired) electrons. The van der Waals surface area contributed by atoms with Gasteiger partial charge < -0.3 is 19.9 Å². The summed E-state index contributed by atoms with van der Waals surface area (Å²) in [6.45, 7) is 1.44. The Balaban J connectivity index is 1.85. The Labute approximate surface area is 209 Å². The van der Waals surface area contributed by atoms with E-state index in [9.17, 15) is 41.1 Å². The molecule has 1 aliphatic carbocycles. The highest BCUT2D eigenvalue weighted by atomic mass is 32.2. The van der Waals surface area contributed by atoms with E-state index in [1.807, 2.05) is 0 Å². The number of allylic oxidation sites excluding steroid dienone is 2. The highest BCUT2D eigenvalue weighted by molar-refractivity contribution is 7.92. The molecular formula is C24H20F3NO8S. The molecule has 0 saturated heterocycles. The zero-order valence-corrected chi connectivity index (χ0v) is 20.4. The Morgan fingerprint density at radius 3 is 2.08 bits per heavy atom. The number of Topliss-reactive ketones (excluding diaryl/α,β-unsaturated/α-hetero) is 2. The van der Waals surface area contributed by atoms with Crippen molar-refractivity contribution in [2.24, 2.45) is 0 Å². The molecule has 0 aromatic heterocycles. The van der Waals surface area contributed by atoms with E-state index in [0.717, 1.165) is 12.1 Å². The number of carbonyl (C=O) groups excluding carboxylic acids is 3. The Morgan fingerprint density at radius 1 is 0.973 bits per heavy atom. The number of hydrogen-bond donors (Lipinski definition) is 2. The van der Waals surface area contributed by atoms with E-state index >= 15 is 0 Å². The van der Waals surface area contributed by atoms with Gasteiger partial charge >= 0.3 is 5.51 Å². The third kappa shape index (κ3) is 5.21. The van der Waals surface area contributed by atoms with Crippen LogP contribution in [0.4, 0.5) is 18.9 Å². The first-order valence-corrected chi connectivity index (χ1v) is 11.9. The molecule has 2 N–H and O–H groups in total. The molecule has 0 aliphatic heterocycles. The van der Waals surface area contributed by atoms with Crippen LogP contribution in [0, 0.1) is 0 Å². The van der Waals surface area contributed by atoms with Crippen molar-refractivity contribution in [2.75, 3.05) is 19.5 Å². The molecule has 3 rings (SSSR count). The topological polar surface area (TPSA) is 136 Å². The molecule has 2 aromatic rings. The van der Waals surface area contributed by atoms with Gasteiger partial charge in [0.05, 0.1) is 24.7 Å². The second-order valence-electron chi connectivity index (χ2n) is 7.78. The Morgan fingerprint density at radius 2 is 1.54 bits per heavy atom. The number of nitrogens with one attached hydrogen (secondary N) is 1. The molecule has 0 spiro atoms. The summed E-state index contributed by atoms with van der Waals surface area (Å²) in [4.78, 5) is 37.2. The van der Waals surface area contributed by atoms with E-state index in [1.165, 1.54) is 39.3 Å². The number of phenols is 1. The second-order valence-corrected chi connectivity index (χ2v) is 9.73. The van der Waals surface area contributed by atoms with Crippen LogP contribution in [-0.2, 0) is 35.3 Å². The predicted molar refractivity (Wildman–Crippen MR) is 123 cm³/mol. The van der Waals surface area contributed by atoms with Crippen molar-refractivity contribution in [2.45, 2.75) is 23.7 Å². The van der Waals surface area contributed by atoms with Gasteiger partial charge in [-0.1, -0.05) is 6.07 Å². The number of phenolic OH excluding ortho intramolecular Hbond substituents is 1. The van der Waals surface area contributed by atoms with Gasteiger partial charge in [-0.2, -0.15) is 13.2 Å². The molecule has 1 aliphatic rings. The summed E-state index contributed by atoms with van der Waals surface area (Å²) in [6.07, 6.45) is -0.0924. The Kier molecular flexibility index (Phi) is 7.49. The molecule has 1 amide bonds. The van der Waals surface area contributed by atoms with E-state index in [-0.39, 0.29) is 40.3 Å². The average molecular weight is 539 g/mol. The number of ketones is 2. The third-order valence-electron chi connectivity index (χ3n) is 5.51. The number of carbonyl (C=O) groups is 3. The smallest absolute Gasteiger partial charge is 0.501 e. The zero-order valence-electron chi connectivity index (χ0n) is 19.6. The summed E-state index contributed by atoms with van der Waals surface area (Å²) in [5, 5.41) is 12.5. The summed E-state index contributed by atoms with van der Waals surface area (Å²) >= 11 is 0. The number of anilines is 1. The first kappa shape index (κ1) is 27.5. The Bertz CT molecular complexity index is 1460. The van der Waals surface area contributed by atoms with E-state index in [1.54, 1.807) is 0 Å². The minimum absolute atomic E-state index is 0.0375. The number of ether oxygens (including phenoxy) is 2. The summed E-state index contributed by atoms with van der Waals surface area (Å²) in [6, 6.07) is 7.20. The predicted octanol–water partition coefficient (Wildman–Crippen LogP) is 3.45. The van der Waals surface area contributed by atoms with Crippen LogP contribution < -0.4 is 5.32 Å². The van der Waals surface area contributed by atoms with Crippen LogP contribution in [0.2, 0.25) is 0 Å². The van der Waals surface area contributed by atoms with Crippen LogP contribution in [0.5, 0.6) is 5.75 Å². The van der Waals surface area contributed by atoms with E-state index in [4.69, 9.17) is 9.47 Å². The molecule has 37 heavy (non-hydrogen) atoms. The van der Waals surface area contributed by atoms with Crippen molar-refractivity contribution in [1.29, 1.82) is 0 Å². The summed E-state index contributed by atoms with van der Waals surface area (Å²) in [7, 11) is -3.11. The number of amides is 1. The minimum atomic E-state index is -5.55. The number of sulfone groups is 1. The van der Waals surface area contributed by atoms with Crippen LogP contribution in [0.3, 0.4) is 0 Å². The first-order valence-electron chi connectivity index (χ1n) is 10.4. The van der Waals surface area contributed by atoms with Gasteiger partial charge in [-0.05, 0) is 48.9 Å². The van der Waals surface area contributed by atoms with Gasteiger partial charge in [0.2, 0.25) is 23.1 Å². The molecule has 0 heterocycles. The lowest BCUT2D eigenvalue weighted by Crippen LogP contribution is -2.26. The molecule has 0 saturated carbocycles. The number of hydrogen-bond acceptors (Lipinski definition) is 8. The Hall–Kier alpha value is -4.13. The van der Waals surface area contributed by atoms with Crippen molar-refractivity contribution < 1.29 is 50.6 Å². The quantitative estimate of drug-likeness (QED) is 0.511. The van der Waals surface area contributed by atoms with E-state index < -0.39 is 43.5 Å². The maximum Gasteiger partial charge on any atom is 0.501 e. The second kappa shape index (κ2) is 10.1. The van der Waals surface area contributed by atoms with Crippen LogP contribution in [0.15, 0.2) is 70.0 Å². The van der Waals surface area contributed by atoms with Crippen molar-refractivity contribution in [3.8, 4) is 5.75 Å². The fourth-order valence-electron chi connectivity index (χ4n) is 3.53. The summed E-state index contributed by atoms with van der Waals surface area (Å²) in [5.74, 6) is -2.91. The lowest BCUT2D eigenvalue weighted by Gasteiger charge is -2.20. The lowest BCUT2D eigenvalue weighted by atomic mass is 9.88. The normalized spacial score (nSPS) is 14.6. The van der Waals surface area contributed by atoms with Crippen LogP contribution in [0.25, 0.3) is 0 Å². The molecule has 196 valence electrons. The van der Waals surface area contributed by atoms with Crippen molar-refractivity contribution >= 4 is 33.0 Å². The van der Waals surface area contributed by atoms with Crippen LogP contribution >= 0.6 is 0 Å². The number of halogens is 3. The average Bonchev–Trinajstić information content (AvgIpc) is 2.84. The molecule has 13 heteroatoms. The van der Waals surface area contributed by atoms with E-state index in [0.29, 0.717) is 17.7 Å². The standard InChI is InChI=1S/C24H20F3NO8S/c1-12-16(20(31)22(36-3)21(35-2)19(12)30)10-13-4-9-18(29)17(11-13)23(32)28-14-5-7-15(8-6-14)37(33,34)24(25,26)27/h4-9,11,29H,10H2,1-3H3,(H,28,32). The first-order chi connectivity index (χ1) is 17.2. The zero-order chi connectivity index (χ0) is 27.7. The van der Waals surface area contributed by atoms with Gasteiger partial charge in [-0.15, -0.1) is 0 Å². The summed E-state index contributed by atoms with van der Waals surface area (Å²) < 4.78 is 71.1. The number of alkyl halides is 3. The highest BCUT2D eigenvalue weighted by Gasteiger charge is 2.46. The van der Waals surface area contributed by atoms with Gasteiger partial charge in [-0.25, -0.2) is 8.42 Å². The largest absolute Gasteiger partial charge is 0.507 e. The molecule has 0 atom stereocenters. The fraction of sp³-hybridized carbons (Fsp3) is 0.208. The van der Waals surface area contributed by atoms with Gasteiger partial charge in [-0.3, -0.25) is 14.4 Å². The van der Waals surface area contributed by atoms with Crippen LogP contribution in [0.1, 0.15) is 22.8 Å². The molecule has 9 nitrogen and oxygen atoms in total. The SMILES string of the molecule is COC1=C(OC)C(=O)C(Cc2ccc(O)c(C(=O)Nc3ccc(S(=O)(=O)C(F)(F)F)cc3)c2)=C(C)C1=O. The van der Waals surface area contributed by atoms with Crippen molar-refractivity contribution in [3.63, 3.8) is 0 Å². The molecule has 2 aromatic carbocycles. The van der Waals surface area contributed by atoms with Gasteiger partial charge in [0, 0.05) is 23.3 Å². The number of rotatable bonds is 7. The summed E-state index contributed by atoms with van der Waals surface area (Å²) in [5.41, 5.74) is -5.16. The van der Waals surface area contributed by atoms with Gasteiger partial charge in [0.25, 0.3) is 15.7 Å². The number of aromatic hydroxyl groups is 1. The molecule has 0 unspecified atom stereocenters. The van der Waals surface area contributed by atoms with E-state index in [2.05, 4.69) is 5.32 Å². The molecule has 0 fully saturated rings. The third-order valence-corrected chi connectivity index (χ3v) is 7.01. The highest BCUT2D eigenvalue weighted by Crippen LogP contribution is 2.32. The van der Waals surface area contributed by atoms with Gasteiger partial charge in [0.1, 0.15) is 5.75 Å². The monoisotopic (exact) mass is 539 g/mol. The van der Waals surface area contributed by atoms with Crippen molar-refractivity contribution in [1.82, 2.24) is 0 Å². The maximum atomic E-state index is 12.9.